The monoisotopic (exact) mass is 262 g/mol. The molecule has 0 unspecified atom stereocenters. The molecule has 2 rings (SSSR count). The van der Waals surface area contributed by atoms with E-state index in [4.69, 9.17) is 10.5 Å². The third-order valence-electron chi connectivity index (χ3n) is 2.76. The van der Waals surface area contributed by atoms with Gasteiger partial charge in [-0.2, -0.15) is 0 Å². The van der Waals surface area contributed by atoms with Crippen LogP contribution in [0.15, 0.2) is 24.5 Å². The first-order valence-corrected chi connectivity index (χ1v) is 5.85. The van der Waals surface area contributed by atoms with Crippen LogP contribution in [0.2, 0.25) is 0 Å². The Bertz CT molecular complexity index is 589. The van der Waals surface area contributed by atoms with Crippen LogP contribution in [0, 0.1) is 5.82 Å². The molecule has 19 heavy (non-hydrogen) atoms. The Kier molecular flexibility index (Phi) is 3.79. The van der Waals surface area contributed by atoms with E-state index >= 15 is 0 Å². The molecular formula is C13H15FN4O. The van der Waals surface area contributed by atoms with E-state index in [-0.39, 0.29) is 11.5 Å². The summed E-state index contributed by atoms with van der Waals surface area (Å²) in [5, 5.41) is 2.92. The maximum Gasteiger partial charge on any atom is 0.146 e. The summed E-state index contributed by atoms with van der Waals surface area (Å²) in [6.07, 6.45) is 2.00. The second-order valence-electron chi connectivity index (χ2n) is 3.91. The Labute approximate surface area is 110 Å². The SMILES string of the molecule is CCc1c(N)ncnc1Nc1cc(OC)ccc1F. The number of benzene rings is 1. The topological polar surface area (TPSA) is 73.1 Å². The second kappa shape index (κ2) is 5.51. The lowest BCUT2D eigenvalue weighted by molar-refractivity contribution is 0.414. The van der Waals surface area contributed by atoms with Gasteiger partial charge in [0.25, 0.3) is 0 Å². The van der Waals surface area contributed by atoms with Gasteiger partial charge in [-0.1, -0.05) is 6.92 Å². The summed E-state index contributed by atoms with van der Waals surface area (Å²) < 4.78 is 18.8. The van der Waals surface area contributed by atoms with Gasteiger partial charge in [0.1, 0.15) is 29.5 Å². The molecule has 3 N–H and O–H groups in total. The molecule has 0 radical (unpaired) electrons. The van der Waals surface area contributed by atoms with Crippen molar-refractivity contribution in [2.45, 2.75) is 13.3 Å². The largest absolute Gasteiger partial charge is 0.497 e. The van der Waals surface area contributed by atoms with E-state index in [0.29, 0.717) is 23.8 Å². The molecule has 0 atom stereocenters. The molecule has 0 amide bonds. The number of ether oxygens (including phenoxy) is 1. The zero-order valence-corrected chi connectivity index (χ0v) is 10.8. The molecule has 0 fully saturated rings. The van der Waals surface area contributed by atoms with Gasteiger partial charge in [-0.3, -0.25) is 0 Å². The van der Waals surface area contributed by atoms with E-state index < -0.39 is 0 Å². The van der Waals surface area contributed by atoms with Crippen molar-refractivity contribution in [2.75, 3.05) is 18.2 Å². The lowest BCUT2D eigenvalue weighted by Gasteiger charge is -2.12. The first-order chi connectivity index (χ1) is 9.15. The highest BCUT2D eigenvalue weighted by molar-refractivity contribution is 5.65. The highest BCUT2D eigenvalue weighted by Crippen LogP contribution is 2.26. The fourth-order valence-electron chi connectivity index (χ4n) is 1.74. The summed E-state index contributed by atoms with van der Waals surface area (Å²) in [6, 6.07) is 4.44. The Hall–Kier alpha value is -2.37. The van der Waals surface area contributed by atoms with Crippen LogP contribution in [0.25, 0.3) is 0 Å². The van der Waals surface area contributed by atoms with Crippen molar-refractivity contribution in [3.8, 4) is 5.75 Å². The molecular weight excluding hydrogens is 247 g/mol. The Balaban J connectivity index is 2.38. The molecule has 0 spiro atoms. The van der Waals surface area contributed by atoms with Crippen LogP contribution in [0.3, 0.4) is 0 Å². The quantitative estimate of drug-likeness (QED) is 0.885. The van der Waals surface area contributed by atoms with Gasteiger partial charge in [-0.05, 0) is 18.6 Å². The van der Waals surface area contributed by atoms with Crippen molar-refractivity contribution in [1.29, 1.82) is 0 Å². The predicted octanol–water partition coefficient (Wildman–Crippen LogP) is 2.51. The second-order valence-corrected chi connectivity index (χ2v) is 3.91. The zero-order chi connectivity index (χ0) is 13.8. The summed E-state index contributed by atoms with van der Waals surface area (Å²) in [5.41, 5.74) is 6.81. The average Bonchev–Trinajstić information content (AvgIpc) is 2.41. The minimum absolute atomic E-state index is 0.284. The third-order valence-corrected chi connectivity index (χ3v) is 2.76. The first kappa shape index (κ1) is 13.1. The third kappa shape index (κ3) is 2.73. The van der Waals surface area contributed by atoms with Crippen molar-refractivity contribution in [2.24, 2.45) is 0 Å². The highest BCUT2D eigenvalue weighted by Gasteiger charge is 2.10. The van der Waals surface area contributed by atoms with Gasteiger partial charge in [0.05, 0.1) is 12.8 Å². The van der Waals surface area contributed by atoms with Crippen LogP contribution in [-0.2, 0) is 6.42 Å². The molecule has 0 aliphatic heterocycles. The lowest BCUT2D eigenvalue weighted by Crippen LogP contribution is -2.05. The molecule has 1 heterocycles. The van der Waals surface area contributed by atoms with Crippen molar-refractivity contribution in [3.05, 3.63) is 35.9 Å². The number of hydrogen-bond donors (Lipinski definition) is 2. The summed E-state index contributed by atoms with van der Waals surface area (Å²) in [7, 11) is 1.52. The van der Waals surface area contributed by atoms with Crippen molar-refractivity contribution in [3.63, 3.8) is 0 Å². The summed E-state index contributed by atoms with van der Waals surface area (Å²) >= 11 is 0. The van der Waals surface area contributed by atoms with Crippen molar-refractivity contribution >= 4 is 17.3 Å². The number of halogens is 1. The number of aromatic nitrogens is 2. The number of nitrogens with one attached hydrogen (secondary N) is 1. The molecule has 1 aromatic carbocycles. The Morgan fingerprint density at radius 1 is 1.37 bits per heavy atom. The summed E-state index contributed by atoms with van der Waals surface area (Å²) in [5.74, 6) is 1.06. The summed E-state index contributed by atoms with van der Waals surface area (Å²) in [6.45, 7) is 1.93. The molecule has 5 nitrogen and oxygen atoms in total. The molecule has 0 aliphatic rings. The van der Waals surface area contributed by atoms with Gasteiger partial charge in [0.2, 0.25) is 0 Å². The van der Waals surface area contributed by atoms with E-state index in [0.717, 1.165) is 5.56 Å². The van der Waals surface area contributed by atoms with Gasteiger partial charge < -0.3 is 15.8 Å². The van der Waals surface area contributed by atoms with Gasteiger partial charge in [0.15, 0.2) is 0 Å². The standard InChI is InChI=1S/C13H15FN4O/c1-3-9-12(15)16-7-17-13(9)18-11-6-8(19-2)4-5-10(11)14/h4-7H,3H2,1-2H3,(H3,15,16,17,18). The van der Waals surface area contributed by atoms with Gasteiger partial charge in [-0.15, -0.1) is 0 Å². The molecule has 0 aliphatic carbocycles. The molecule has 1 aromatic heterocycles. The summed E-state index contributed by atoms with van der Waals surface area (Å²) in [4.78, 5) is 8.01. The molecule has 6 heteroatoms. The lowest BCUT2D eigenvalue weighted by atomic mass is 10.2. The molecule has 2 aromatic rings. The predicted molar refractivity (Wildman–Crippen MR) is 72.1 cm³/mol. The van der Waals surface area contributed by atoms with E-state index in [1.54, 1.807) is 12.1 Å². The average molecular weight is 262 g/mol. The highest BCUT2D eigenvalue weighted by atomic mass is 19.1. The van der Waals surface area contributed by atoms with Crippen molar-refractivity contribution < 1.29 is 9.13 Å². The molecule has 0 bridgehead atoms. The fourth-order valence-corrected chi connectivity index (χ4v) is 1.74. The van der Waals surface area contributed by atoms with Gasteiger partial charge in [0, 0.05) is 11.6 Å². The smallest absolute Gasteiger partial charge is 0.146 e. The maximum atomic E-state index is 13.7. The maximum absolute atomic E-state index is 13.7. The number of rotatable bonds is 4. The van der Waals surface area contributed by atoms with Crippen LogP contribution < -0.4 is 15.8 Å². The van der Waals surface area contributed by atoms with Crippen LogP contribution >= 0.6 is 0 Å². The van der Waals surface area contributed by atoms with Crippen LogP contribution in [0.5, 0.6) is 5.75 Å². The molecule has 100 valence electrons. The van der Waals surface area contributed by atoms with Gasteiger partial charge in [-0.25, -0.2) is 14.4 Å². The number of nitrogens with two attached hydrogens (primary N) is 1. The number of anilines is 3. The Morgan fingerprint density at radius 3 is 2.84 bits per heavy atom. The van der Waals surface area contributed by atoms with Crippen LogP contribution in [-0.4, -0.2) is 17.1 Å². The minimum atomic E-state index is -0.389. The number of nitrogens with zero attached hydrogens (tertiary/aromatic N) is 2. The fraction of sp³-hybridized carbons (Fsp3) is 0.231. The number of methoxy groups -OCH3 is 1. The van der Waals surface area contributed by atoms with Crippen LogP contribution in [0.1, 0.15) is 12.5 Å². The number of hydrogen-bond acceptors (Lipinski definition) is 5. The van der Waals surface area contributed by atoms with E-state index in [9.17, 15) is 4.39 Å². The van der Waals surface area contributed by atoms with E-state index in [1.807, 2.05) is 6.92 Å². The van der Waals surface area contributed by atoms with Crippen LogP contribution in [0.4, 0.5) is 21.7 Å². The van der Waals surface area contributed by atoms with Crippen molar-refractivity contribution in [1.82, 2.24) is 9.97 Å². The molecule has 0 saturated heterocycles. The zero-order valence-electron chi connectivity index (χ0n) is 10.8. The van der Waals surface area contributed by atoms with Gasteiger partial charge >= 0.3 is 0 Å². The minimum Gasteiger partial charge on any atom is -0.497 e. The van der Waals surface area contributed by atoms with E-state index in [1.165, 1.54) is 19.5 Å². The molecule has 0 saturated carbocycles. The normalized spacial score (nSPS) is 10.3. The number of nitrogen functional groups attached to an aromatic ring is 1. The first-order valence-electron chi connectivity index (χ1n) is 5.85. The van der Waals surface area contributed by atoms with E-state index in [2.05, 4.69) is 15.3 Å². The Morgan fingerprint density at radius 2 is 2.16 bits per heavy atom.